The van der Waals surface area contributed by atoms with Crippen LogP contribution in [0.2, 0.25) is 0 Å². The van der Waals surface area contributed by atoms with Crippen LogP contribution in [0.4, 0.5) is 0 Å². The number of nitrogens with zero attached hydrogens (tertiary/aromatic N) is 7. The monoisotopic (exact) mass is 617 g/mol. The van der Waals surface area contributed by atoms with Crippen LogP contribution in [-0.2, 0) is 0 Å². The Labute approximate surface area is 272 Å². The summed E-state index contributed by atoms with van der Waals surface area (Å²) < 4.78 is 12.1. The fourth-order valence-corrected chi connectivity index (χ4v) is 6.00. The zero-order chi connectivity index (χ0) is 32.2. The summed E-state index contributed by atoms with van der Waals surface area (Å²) in [5.41, 5.74) is 7.10. The molecule has 4 heterocycles. The van der Waals surface area contributed by atoms with Gasteiger partial charge in [0.2, 0.25) is 5.82 Å². The standard InChI is InChI=1S/C39H19N7O2/c40-20-30-36-35(43-34(21-41)42-30)29-18-24(14-16-32(29)48-36)23-9-6-10-25(17-23)38-44-37(22-7-2-1-3-8-22)45-39(46-38)26-13-15-28-27-11-4-5-12-31(27)47-33(28)19-26/h1-19H. The third kappa shape index (κ3) is 4.43. The number of hydrogen-bond acceptors (Lipinski definition) is 9. The van der Waals surface area contributed by atoms with E-state index in [1.165, 1.54) is 0 Å². The molecule has 222 valence electrons. The quantitative estimate of drug-likeness (QED) is 0.189. The van der Waals surface area contributed by atoms with Crippen molar-refractivity contribution < 1.29 is 8.83 Å². The smallest absolute Gasteiger partial charge is 0.234 e. The van der Waals surface area contributed by atoms with Gasteiger partial charge in [-0.3, -0.25) is 0 Å². The number of rotatable bonds is 4. The molecule has 0 N–H and O–H groups in total. The summed E-state index contributed by atoms with van der Waals surface area (Å²) in [5, 5.41) is 21.8. The van der Waals surface area contributed by atoms with Crippen molar-refractivity contribution in [3.05, 3.63) is 127 Å². The van der Waals surface area contributed by atoms with E-state index in [1.54, 1.807) is 0 Å². The highest BCUT2D eigenvalue weighted by Crippen LogP contribution is 2.35. The number of furan rings is 2. The number of benzene rings is 5. The molecule has 0 fully saturated rings. The zero-order valence-electron chi connectivity index (χ0n) is 24.9. The minimum atomic E-state index is -0.0894. The van der Waals surface area contributed by atoms with Crippen LogP contribution < -0.4 is 0 Å². The van der Waals surface area contributed by atoms with Crippen molar-refractivity contribution in [2.45, 2.75) is 0 Å². The molecule has 0 aliphatic heterocycles. The molecule has 0 unspecified atom stereocenters. The maximum atomic E-state index is 9.58. The Morgan fingerprint density at radius 3 is 1.90 bits per heavy atom. The van der Waals surface area contributed by atoms with E-state index in [9.17, 15) is 10.5 Å². The summed E-state index contributed by atoms with van der Waals surface area (Å²) >= 11 is 0. The van der Waals surface area contributed by atoms with Crippen LogP contribution in [-0.4, -0.2) is 24.9 Å². The molecule has 0 aliphatic carbocycles. The molecule has 0 atom stereocenters. The first-order chi connectivity index (χ1) is 23.6. The van der Waals surface area contributed by atoms with Gasteiger partial charge in [0.1, 0.15) is 34.4 Å². The van der Waals surface area contributed by atoms with Crippen molar-refractivity contribution in [1.29, 1.82) is 10.5 Å². The van der Waals surface area contributed by atoms with E-state index < -0.39 is 0 Å². The Morgan fingerprint density at radius 1 is 0.438 bits per heavy atom. The number of para-hydroxylation sites is 1. The van der Waals surface area contributed by atoms with Crippen LogP contribution in [0.5, 0.6) is 0 Å². The first-order valence-corrected chi connectivity index (χ1v) is 15.0. The molecule has 48 heavy (non-hydrogen) atoms. The minimum absolute atomic E-state index is 0.0237. The molecule has 0 spiro atoms. The Kier molecular flexibility index (Phi) is 6.04. The predicted octanol–water partition coefficient (Wildman–Crippen LogP) is 8.87. The summed E-state index contributed by atoms with van der Waals surface area (Å²) in [7, 11) is 0. The highest BCUT2D eigenvalue weighted by atomic mass is 16.3. The summed E-state index contributed by atoms with van der Waals surface area (Å²) in [5.74, 6) is 1.51. The van der Waals surface area contributed by atoms with E-state index in [1.807, 2.05) is 121 Å². The lowest BCUT2D eigenvalue weighted by Gasteiger charge is -2.10. The number of aromatic nitrogens is 5. The maximum Gasteiger partial charge on any atom is 0.234 e. The lowest BCUT2D eigenvalue weighted by atomic mass is 10.0. The normalized spacial score (nSPS) is 11.3. The van der Waals surface area contributed by atoms with E-state index in [-0.39, 0.29) is 17.1 Å². The van der Waals surface area contributed by atoms with E-state index >= 15 is 0 Å². The van der Waals surface area contributed by atoms with E-state index in [0.29, 0.717) is 34.0 Å². The minimum Gasteiger partial charge on any atom is -0.456 e. The van der Waals surface area contributed by atoms with Crippen LogP contribution in [0.3, 0.4) is 0 Å². The van der Waals surface area contributed by atoms with E-state index in [0.717, 1.165) is 49.8 Å². The number of fused-ring (bicyclic) bond motifs is 6. The molecule has 0 saturated heterocycles. The predicted molar refractivity (Wildman–Crippen MR) is 181 cm³/mol. The second kappa shape index (κ2) is 10.7. The second-order valence-corrected chi connectivity index (χ2v) is 11.2. The molecule has 9 aromatic rings. The van der Waals surface area contributed by atoms with Gasteiger partial charge in [-0.1, -0.05) is 78.9 Å². The van der Waals surface area contributed by atoms with Crippen LogP contribution in [0.15, 0.2) is 124 Å². The highest BCUT2D eigenvalue weighted by molar-refractivity contribution is 6.06. The summed E-state index contributed by atoms with van der Waals surface area (Å²) in [6, 6.07) is 41.4. The number of hydrogen-bond donors (Lipinski definition) is 0. The van der Waals surface area contributed by atoms with Gasteiger partial charge < -0.3 is 8.83 Å². The van der Waals surface area contributed by atoms with Crippen molar-refractivity contribution in [2.75, 3.05) is 0 Å². The fourth-order valence-electron chi connectivity index (χ4n) is 6.00. The SMILES string of the molecule is N#Cc1nc(C#N)c2oc3ccc(-c4cccc(-c5nc(-c6ccccc6)nc(-c6ccc7c(c6)oc6ccccc67)n5)c4)cc3c2n1. The van der Waals surface area contributed by atoms with Crippen LogP contribution in [0.1, 0.15) is 11.5 Å². The van der Waals surface area contributed by atoms with Crippen molar-refractivity contribution >= 4 is 44.0 Å². The van der Waals surface area contributed by atoms with Crippen LogP contribution in [0, 0.1) is 22.7 Å². The van der Waals surface area contributed by atoms with Crippen LogP contribution >= 0.6 is 0 Å². The molecule has 4 aromatic heterocycles. The van der Waals surface area contributed by atoms with Crippen molar-refractivity contribution in [3.8, 4) is 57.4 Å². The van der Waals surface area contributed by atoms with Gasteiger partial charge in [0.25, 0.3) is 0 Å². The van der Waals surface area contributed by atoms with Crippen molar-refractivity contribution in [2.24, 2.45) is 0 Å². The summed E-state index contributed by atoms with van der Waals surface area (Å²) in [4.78, 5) is 23.1. The lowest BCUT2D eigenvalue weighted by Crippen LogP contribution is -2.00. The van der Waals surface area contributed by atoms with Gasteiger partial charge >= 0.3 is 0 Å². The van der Waals surface area contributed by atoms with Gasteiger partial charge in [-0.05, 0) is 47.5 Å². The summed E-state index contributed by atoms with van der Waals surface area (Å²) in [6.45, 7) is 0. The first kappa shape index (κ1) is 27.1. The second-order valence-electron chi connectivity index (χ2n) is 11.2. The van der Waals surface area contributed by atoms with Gasteiger partial charge in [0, 0.05) is 32.8 Å². The molecular formula is C39H19N7O2. The molecule has 9 nitrogen and oxygen atoms in total. The van der Waals surface area contributed by atoms with Crippen LogP contribution in [0.25, 0.3) is 89.3 Å². The molecule has 9 rings (SSSR count). The Bertz CT molecular complexity index is 2820. The largest absolute Gasteiger partial charge is 0.456 e. The molecule has 0 aliphatic rings. The van der Waals surface area contributed by atoms with Gasteiger partial charge in [-0.15, -0.1) is 0 Å². The molecular weight excluding hydrogens is 598 g/mol. The highest BCUT2D eigenvalue weighted by Gasteiger charge is 2.18. The van der Waals surface area contributed by atoms with Gasteiger partial charge in [0.05, 0.1) is 0 Å². The van der Waals surface area contributed by atoms with Gasteiger partial charge in [-0.2, -0.15) is 10.5 Å². The third-order valence-corrected chi connectivity index (χ3v) is 8.28. The van der Waals surface area contributed by atoms with Gasteiger partial charge in [0.15, 0.2) is 28.8 Å². The third-order valence-electron chi connectivity index (χ3n) is 8.28. The fraction of sp³-hybridized carbons (Fsp3) is 0. The Morgan fingerprint density at radius 2 is 1.08 bits per heavy atom. The average Bonchev–Trinajstić information content (AvgIpc) is 3.72. The van der Waals surface area contributed by atoms with E-state index in [2.05, 4.69) is 16.0 Å². The molecule has 9 heteroatoms. The topological polar surface area (TPSA) is 138 Å². The molecule has 5 aromatic carbocycles. The Balaban J connectivity index is 1.18. The molecule has 0 amide bonds. The van der Waals surface area contributed by atoms with Crippen molar-refractivity contribution in [3.63, 3.8) is 0 Å². The molecule has 0 saturated carbocycles. The summed E-state index contributed by atoms with van der Waals surface area (Å²) in [6.07, 6.45) is 0. The Hall–Kier alpha value is -7.23. The average molecular weight is 618 g/mol. The first-order valence-electron chi connectivity index (χ1n) is 15.0. The lowest BCUT2D eigenvalue weighted by molar-refractivity contribution is 0.663. The molecule has 0 bridgehead atoms. The zero-order valence-corrected chi connectivity index (χ0v) is 24.9. The van der Waals surface area contributed by atoms with E-state index in [4.69, 9.17) is 23.8 Å². The molecule has 0 radical (unpaired) electrons. The van der Waals surface area contributed by atoms with Gasteiger partial charge in [-0.25, -0.2) is 24.9 Å². The van der Waals surface area contributed by atoms with Crippen molar-refractivity contribution in [1.82, 2.24) is 24.9 Å². The maximum absolute atomic E-state index is 9.58. The number of nitriles is 2.